The van der Waals surface area contributed by atoms with E-state index in [0.29, 0.717) is 11.3 Å². The molecule has 0 radical (unpaired) electrons. The van der Waals surface area contributed by atoms with E-state index in [9.17, 15) is 4.79 Å². The second-order valence-corrected chi connectivity index (χ2v) is 12.5. The first-order valence-electron chi connectivity index (χ1n) is 14.1. The van der Waals surface area contributed by atoms with Gasteiger partial charge >= 0.3 is 13.1 Å². The summed E-state index contributed by atoms with van der Waals surface area (Å²) in [6.45, 7) is 10.4. The lowest BCUT2D eigenvalue weighted by molar-refractivity contribution is 0.00578. The summed E-state index contributed by atoms with van der Waals surface area (Å²) in [6.07, 6.45) is 4.17. The first-order valence-corrected chi connectivity index (χ1v) is 14.1. The molecule has 0 aromatic heterocycles. The Kier molecular flexibility index (Phi) is 4.64. The van der Waals surface area contributed by atoms with E-state index < -0.39 is 23.9 Å². The molecule has 5 aliphatic rings. The summed E-state index contributed by atoms with van der Waals surface area (Å²) < 4.78 is 26.1. The number of ether oxygens (including phenoxy) is 2. The molecule has 3 aromatic rings. The molecule has 1 unspecified atom stereocenters. The lowest BCUT2D eigenvalue weighted by atomic mass is 9.72. The van der Waals surface area contributed by atoms with Gasteiger partial charge in [-0.1, -0.05) is 30.3 Å². The van der Waals surface area contributed by atoms with E-state index in [2.05, 4.69) is 38.7 Å². The Balaban J connectivity index is 1.37. The summed E-state index contributed by atoms with van der Waals surface area (Å²) in [5, 5.41) is 0. The molecule has 0 saturated carbocycles. The van der Waals surface area contributed by atoms with Gasteiger partial charge in [0.2, 0.25) is 0 Å². The zero-order valence-corrected chi connectivity index (χ0v) is 22.9. The third-order valence-electron chi connectivity index (χ3n) is 9.75. The van der Waals surface area contributed by atoms with Crippen molar-refractivity contribution in [2.24, 2.45) is 0 Å². The van der Waals surface area contributed by atoms with Crippen molar-refractivity contribution in [2.45, 2.75) is 70.2 Å². The average molecular weight is 521 g/mol. The largest absolute Gasteiger partial charge is 0.494 e. The van der Waals surface area contributed by atoms with Crippen molar-refractivity contribution in [1.82, 2.24) is 0 Å². The van der Waals surface area contributed by atoms with E-state index in [-0.39, 0.29) is 5.97 Å². The molecule has 0 bridgehead atoms. The number of benzene rings is 3. The Morgan fingerprint density at radius 2 is 1.59 bits per heavy atom. The fourth-order valence-electron chi connectivity index (χ4n) is 7.12. The van der Waals surface area contributed by atoms with Crippen molar-refractivity contribution >= 4 is 24.2 Å². The Morgan fingerprint density at radius 1 is 0.846 bits per heavy atom. The van der Waals surface area contributed by atoms with Gasteiger partial charge in [-0.3, -0.25) is 0 Å². The lowest BCUT2D eigenvalue weighted by Crippen LogP contribution is -2.41. The first-order chi connectivity index (χ1) is 18.7. The molecule has 198 valence electrons. The van der Waals surface area contributed by atoms with Gasteiger partial charge in [0.15, 0.2) is 5.60 Å². The van der Waals surface area contributed by atoms with Gasteiger partial charge in [0, 0.05) is 41.0 Å². The summed E-state index contributed by atoms with van der Waals surface area (Å²) in [4.78, 5) is 15.9. The molecule has 1 saturated heterocycles. The minimum atomic E-state index is -1.06. The van der Waals surface area contributed by atoms with Crippen LogP contribution in [-0.2, 0) is 32.5 Å². The minimum Gasteiger partial charge on any atom is -0.456 e. The van der Waals surface area contributed by atoms with Gasteiger partial charge < -0.3 is 23.7 Å². The van der Waals surface area contributed by atoms with Crippen molar-refractivity contribution in [3.8, 4) is 11.5 Å². The van der Waals surface area contributed by atoms with Gasteiger partial charge in [-0.2, -0.15) is 0 Å². The van der Waals surface area contributed by atoms with Crippen molar-refractivity contribution in [3.05, 3.63) is 81.9 Å². The Labute approximate surface area is 229 Å². The summed E-state index contributed by atoms with van der Waals surface area (Å²) in [5.41, 5.74) is 6.08. The molecular formula is C32H32BNO5. The number of hydrogen-bond donors (Lipinski definition) is 0. The molecule has 8 rings (SSSR count). The van der Waals surface area contributed by atoms with E-state index in [0.717, 1.165) is 66.7 Å². The topological polar surface area (TPSA) is 57.2 Å². The number of fused-ring (bicyclic) bond motifs is 7. The van der Waals surface area contributed by atoms with Crippen molar-refractivity contribution in [3.63, 3.8) is 0 Å². The van der Waals surface area contributed by atoms with Gasteiger partial charge in [-0.25, -0.2) is 4.79 Å². The Morgan fingerprint density at radius 3 is 2.38 bits per heavy atom. The Hall–Kier alpha value is -3.29. The van der Waals surface area contributed by atoms with Crippen LogP contribution in [0.5, 0.6) is 11.5 Å². The Bertz CT molecular complexity index is 1560. The molecular weight excluding hydrogens is 489 g/mol. The van der Waals surface area contributed by atoms with E-state index >= 15 is 0 Å². The zero-order chi connectivity index (χ0) is 26.7. The second-order valence-electron chi connectivity index (χ2n) is 12.5. The van der Waals surface area contributed by atoms with Crippen molar-refractivity contribution in [1.29, 1.82) is 0 Å². The number of carbonyl (C=O) groups is 1. The molecule has 0 N–H and O–H groups in total. The zero-order valence-electron chi connectivity index (χ0n) is 22.9. The summed E-state index contributed by atoms with van der Waals surface area (Å²) >= 11 is 0. The maximum Gasteiger partial charge on any atom is 0.494 e. The van der Waals surface area contributed by atoms with Gasteiger partial charge in [0.25, 0.3) is 0 Å². The predicted octanol–water partition coefficient (Wildman–Crippen LogP) is 5.25. The molecule has 7 heteroatoms. The normalized spacial score (nSPS) is 25.0. The average Bonchev–Trinajstić information content (AvgIpc) is 3.34. The molecule has 39 heavy (non-hydrogen) atoms. The van der Waals surface area contributed by atoms with Gasteiger partial charge in [0.05, 0.1) is 16.8 Å². The van der Waals surface area contributed by atoms with Crippen LogP contribution in [0, 0.1) is 0 Å². The van der Waals surface area contributed by atoms with Crippen molar-refractivity contribution < 1.29 is 23.6 Å². The standard InChI is InChI=1S/C32H32BNO5/c1-30(2)31(3,4)39-33(38-30)20-13-14-24-26(18-20)36-28-22-11-8-16-34-15-7-9-19(27(22)34)17-25(28)32(24)23-12-6-5-10-21(23)29(35)37-32/h5-6,10,12-14,17-18H,7-9,11,15-16H2,1-4H3. The number of aryl methyl sites for hydroxylation is 1. The second kappa shape index (κ2) is 7.67. The molecule has 6 nitrogen and oxygen atoms in total. The highest BCUT2D eigenvalue weighted by molar-refractivity contribution is 6.62. The quantitative estimate of drug-likeness (QED) is 0.322. The van der Waals surface area contributed by atoms with Crippen LogP contribution in [0.15, 0.2) is 48.5 Å². The fourth-order valence-corrected chi connectivity index (χ4v) is 7.12. The molecule has 0 amide bonds. The molecule has 1 atom stereocenters. The van der Waals surface area contributed by atoms with Crippen molar-refractivity contribution in [2.75, 3.05) is 18.0 Å². The first kappa shape index (κ1) is 23.6. The predicted molar refractivity (Wildman–Crippen MR) is 149 cm³/mol. The highest BCUT2D eigenvalue weighted by Crippen LogP contribution is 2.59. The minimum absolute atomic E-state index is 0.299. The van der Waals surface area contributed by atoms with Crippen LogP contribution in [-0.4, -0.2) is 37.4 Å². The molecule has 0 aliphatic carbocycles. The number of hydrogen-bond acceptors (Lipinski definition) is 6. The van der Waals surface area contributed by atoms with Crippen LogP contribution < -0.4 is 15.1 Å². The van der Waals surface area contributed by atoms with Gasteiger partial charge in [-0.05, 0) is 82.6 Å². The third kappa shape index (κ3) is 3.03. The lowest BCUT2D eigenvalue weighted by Gasteiger charge is -2.42. The van der Waals surface area contributed by atoms with Crippen LogP contribution in [0.3, 0.4) is 0 Å². The highest BCUT2D eigenvalue weighted by Gasteiger charge is 2.56. The molecule has 5 heterocycles. The maximum absolute atomic E-state index is 13.4. The van der Waals surface area contributed by atoms with E-state index in [1.807, 2.05) is 42.5 Å². The molecule has 3 aromatic carbocycles. The SMILES string of the molecule is CC1(C)OB(c2ccc3c(c2)Oc2c(cc4c5c2CCCN5CCC4)C32OC(=O)c3ccccc32)OC1(C)C. The molecule has 1 spiro atoms. The van der Waals surface area contributed by atoms with Gasteiger partial charge in [0.1, 0.15) is 11.5 Å². The van der Waals surface area contributed by atoms with Crippen LogP contribution in [0.2, 0.25) is 0 Å². The van der Waals surface area contributed by atoms with E-state index in [1.165, 1.54) is 16.8 Å². The number of nitrogens with zero attached hydrogens (tertiary/aromatic N) is 1. The monoisotopic (exact) mass is 521 g/mol. The summed E-state index contributed by atoms with van der Waals surface area (Å²) in [6, 6.07) is 16.1. The van der Waals surface area contributed by atoms with Crippen LogP contribution in [0.1, 0.15) is 78.7 Å². The van der Waals surface area contributed by atoms with Crippen LogP contribution in [0.25, 0.3) is 0 Å². The van der Waals surface area contributed by atoms with E-state index in [4.69, 9.17) is 18.8 Å². The molecule has 1 fully saturated rings. The molecule has 5 aliphatic heterocycles. The van der Waals surface area contributed by atoms with Crippen LogP contribution in [0.4, 0.5) is 5.69 Å². The van der Waals surface area contributed by atoms with Gasteiger partial charge in [-0.15, -0.1) is 0 Å². The third-order valence-corrected chi connectivity index (χ3v) is 9.75. The maximum atomic E-state index is 13.4. The number of esters is 1. The van der Waals surface area contributed by atoms with E-state index in [1.54, 1.807) is 0 Å². The number of rotatable bonds is 1. The summed E-state index contributed by atoms with van der Waals surface area (Å²) in [7, 11) is -0.517. The number of carbonyl (C=O) groups excluding carboxylic acids is 1. The fraction of sp³-hybridized carbons (Fsp3) is 0.406. The summed E-state index contributed by atoms with van der Waals surface area (Å²) in [5.74, 6) is 1.22. The smallest absolute Gasteiger partial charge is 0.456 e. The van der Waals surface area contributed by atoms with Crippen LogP contribution >= 0.6 is 0 Å². The highest BCUT2D eigenvalue weighted by atomic mass is 16.7. The number of anilines is 1.